The smallest absolute Gasteiger partial charge is 0.231 e. The number of nitrogens with one attached hydrogen (secondary N) is 1. The van der Waals surface area contributed by atoms with E-state index < -0.39 is 0 Å². The first-order chi connectivity index (χ1) is 10.2. The number of aromatic nitrogens is 2. The van der Waals surface area contributed by atoms with Crippen molar-refractivity contribution in [3.8, 4) is 0 Å². The van der Waals surface area contributed by atoms with Gasteiger partial charge in [-0.15, -0.1) is 0 Å². The van der Waals surface area contributed by atoms with Crippen LogP contribution in [0.15, 0.2) is 4.52 Å². The molecular weight excluding hydrogens is 264 g/mol. The fourth-order valence-electron chi connectivity index (χ4n) is 3.57. The summed E-state index contributed by atoms with van der Waals surface area (Å²) in [6, 6.07) is 0.641. The van der Waals surface area contributed by atoms with Crippen molar-refractivity contribution in [2.75, 3.05) is 26.2 Å². The summed E-state index contributed by atoms with van der Waals surface area (Å²) in [7, 11) is 0. The summed E-state index contributed by atoms with van der Waals surface area (Å²) in [5, 5.41) is 7.63. The zero-order valence-electron chi connectivity index (χ0n) is 13.3. The Bertz CT molecular complexity index is 439. The van der Waals surface area contributed by atoms with E-state index in [9.17, 15) is 0 Å². The van der Waals surface area contributed by atoms with Crippen LogP contribution in [-0.4, -0.2) is 47.3 Å². The lowest BCUT2D eigenvalue weighted by molar-refractivity contribution is 0.138. The standard InChI is InChI=1S/C16H28N4O/c1-12(2)20-8-4-5-13(11-20)9-15-18-16(21-19-15)14-6-3-7-17-10-14/h12-14,17H,3-11H2,1-2H3. The molecule has 3 rings (SSSR count). The Labute approximate surface area is 127 Å². The number of nitrogens with zero attached hydrogens (tertiary/aromatic N) is 3. The van der Waals surface area contributed by atoms with Crippen molar-refractivity contribution in [3.63, 3.8) is 0 Å². The first-order valence-electron chi connectivity index (χ1n) is 8.49. The normalized spacial score (nSPS) is 28.1. The lowest BCUT2D eigenvalue weighted by atomic mass is 9.93. The van der Waals surface area contributed by atoms with Gasteiger partial charge >= 0.3 is 0 Å². The molecule has 118 valence electrons. The Kier molecular flexibility index (Phi) is 4.91. The zero-order valence-corrected chi connectivity index (χ0v) is 13.3. The third-order valence-corrected chi connectivity index (χ3v) is 4.88. The molecule has 2 aliphatic rings. The molecule has 21 heavy (non-hydrogen) atoms. The van der Waals surface area contributed by atoms with Crippen LogP contribution in [0.25, 0.3) is 0 Å². The van der Waals surface area contributed by atoms with E-state index in [0.717, 1.165) is 31.2 Å². The summed E-state index contributed by atoms with van der Waals surface area (Å²) < 4.78 is 5.51. The highest BCUT2D eigenvalue weighted by Crippen LogP contribution is 2.24. The molecule has 1 N–H and O–H groups in total. The zero-order chi connectivity index (χ0) is 14.7. The van der Waals surface area contributed by atoms with Gasteiger partial charge in [-0.1, -0.05) is 5.16 Å². The minimum absolute atomic E-state index is 0.415. The first kappa shape index (κ1) is 15.0. The van der Waals surface area contributed by atoms with Crippen LogP contribution in [0.2, 0.25) is 0 Å². The molecule has 0 radical (unpaired) electrons. The van der Waals surface area contributed by atoms with Crippen molar-refractivity contribution in [3.05, 3.63) is 11.7 Å². The number of hydrogen-bond acceptors (Lipinski definition) is 5. The van der Waals surface area contributed by atoms with Crippen molar-refractivity contribution in [2.24, 2.45) is 5.92 Å². The second-order valence-corrected chi connectivity index (χ2v) is 6.89. The van der Waals surface area contributed by atoms with E-state index >= 15 is 0 Å². The number of rotatable bonds is 4. The molecule has 5 nitrogen and oxygen atoms in total. The van der Waals surface area contributed by atoms with Crippen LogP contribution in [0.5, 0.6) is 0 Å². The molecule has 0 aromatic carbocycles. The van der Waals surface area contributed by atoms with Gasteiger partial charge in [0.25, 0.3) is 0 Å². The molecule has 0 amide bonds. The average Bonchev–Trinajstić information content (AvgIpc) is 2.97. The van der Waals surface area contributed by atoms with Gasteiger partial charge < -0.3 is 14.7 Å². The maximum atomic E-state index is 5.51. The second kappa shape index (κ2) is 6.88. The second-order valence-electron chi connectivity index (χ2n) is 6.89. The quantitative estimate of drug-likeness (QED) is 0.922. The van der Waals surface area contributed by atoms with Gasteiger partial charge in [-0.3, -0.25) is 0 Å². The van der Waals surface area contributed by atoms with Gasteiger partial charge in [0.05, 0.1) is 5.92 Å². The van der Waals surface area contributed by atoms with Gasteiger partial charge in [0.15, 0.2) is 5.82 Å². The maximum Gasteiger partial charge on any atom is 0.231 e. The van der Waals surface area contributed by atoms with E-state index in [4.69, 9.17) is 4.52 Å². The van der Waals surface area contributed by atoms with E-state index in [1.54, 1.807) is 0 Å². The summed E-state index contributed by atoms with van der Waals surface area (Å²) in [6.45, 7) is 9.07. The topological polar surface area (TPSA) is 54.2 Å². The minimum Gasteiger partial charge on any atom is -0.339 e. The monoisotopic (exact) mass is 292 g/mol. The van der Waals surface area contributed by atoms with Crippen molar-refractivity contribution < 1.29 is 4.52 Å². The summed E-state index contributed by atoms with van der Waals surface area (Å²) in [5.41, 5.74) is 0. The molecule has 0 saturated carbocycles. The summed E-state index contributed by atoms with van der Waals surface area (Å²) >= 11 is 0. The van der Waals surface area contributed by atoms with Crippen LogP contribution in [0.1, 0.15) is 57.2 Å². The Morgan fingerprint density at radius 1 is 1.33 bits per heavy atom. The molecular formula is C16H28N4O. The number of likely N-dealkylation sites (tertiary alicyclic amines) is 1. The van der Waals surface area contributed by atoms with Gasteiger partial charge in [-0.25, -0.2) is 0 Å². The van der Waals surface area contributed by atoms with Gasteiger partial charge in [0.1, 0.15) is 0 Å². The first-order valence-corrected chi connectivity index (χ1v) is 8.49. The molecule has 1 aromatic rings. The molecule has 0 spiro atoms. The van der Waals surface area contributed by atoms with Gasteiger partial charge in [0, 0.05) is 25.6 Å². The average molecular weight is 292 g/mol. The SMILES string of the molecule is CC(C)N1CCCC(Cc2noc(C3CCCNC3)n2)C1. The van der Waals surface area contributed by atoms with Crippen molar-refractivity contribution >= 4 is 0 Å². The predicted molar refractivity (Wildman–Crippen MR) is 82.3 cm³/mol. The lowest BCUT2D eigenvalue weighted by Crippen LogP contribution is -2.40. The third kappa shape index (κ3) is 3.83. The number of hydrogen-bond donors (Lipinski definition) is 1. The molecule has 3 heterocycles. The summed E-state index contributed by atoms with van der Waals surface area (Å²) in [6.07, 6.45) is 5.92. The fourth-order valence-corrected chi connectivity index (χ4v) is 3.57. The highest BCUT2D eigenvalue weighted by molar-refractivity contribution is 4.98. The highest BCUT2D eigenvalue weighted by atomic mass is 16.5. The lowest BCUT2D eigenvalue weighted by Gasteiger charge is -2.35. The van der Waals surface area contributed by atoms with Crippen LogP contribution >= 0.6 is 0 Å². The molecule has 1 aromatic heterocycles. The van der Waals surface area contributed by atoms with Crippen LogP contribution in [0.4, 0.5) is 0 Å². The van der Waals surface area contributed by atoms with E-state index in [1.165, 1.54) is 38.8 Å². The van der Waals surface area contributed by atoms with E-state index in [1.807, 2.05) is 0 Å². The highest BCUT2D eigenvalue weighted by Gasteiger charge is 2.25. The fraction of sp³-hybridized carbons (Fsp3) is 0.875. The van der Waals surface area contributed by atoms with Gasteiger partial charge in [-0.05, 0) is 58.5 Å². The summed E-state index contributed by atoms with van der Waals surface area (Å²) in [5.74, 6) is 2.84. The van der Waals surface area contributed by atoms with Crippen LogP contribution in [-0.2, 0) is 6.42 Å². The Morgan fingerprint density at radius 3 is 3.00 bits per heavy atom. The largest absolute Gasteiger partial charge is 0.339 e. The van der Waals surface area contributed by atoms with E-state index in [0.29, 0.717) is 17.9 Å². The molecule has 2 fully saturated rings. The Balaban J connectivity index is 1.56. The molecule has 2 atom stereocenters. The van der Waals surface area contributed by atoms with Gasteiger partial charge in [-0.2, -0.15) is 4.98 Å². The molecule has 2 saturated heterocycles. The van der Waals surface area contributed by atoms with E-state index in [-0.39, 0.29) is 0 Å². The Hall–Kier alpha value is -0.940. The Morgan fingerprint density at radius 2 is 2.24 bits per heavy atom. The third-order valence-electron chi connectivity index (χ3n) is 4.88. The van der Waals surface area contributed by atoms with Crippen molar-refractivity contribution in [1.82, 2.24) is 20.4 Å². The molecule has 2 aliphatic heterocycles. The van der Waals surface area contributed by atoms with Crippen molar-refractivity contribution in [2.45, 2.75) is 57.9 Å². The van der Waals surface area contributed by atoms with Crippen LogP contribution in [0.3, 0.4) is 0 Å². The maximum absolute atomic E-state index is 5.51. The minimum atomic E-state index is 0.415. The van der Waals surface area contributed by atoms with Crippen molar-refractivity contribution in [1.29, 1.82) is 0 Å². The van der Waals surface area contributed by atoms with E-state index in [2.05, 4.69) is 34.2 Å². The molecule has 5 heteroatoms. The predicted octanol–water partition coefficient (Wildman–Crippen LogP) is 2.20. The summed E-state index contributed by atoms with van der Waals surface area (Å²) in [4.78, 5) is 7.23. The molecule has 0 aliphatic carbocycles. The van der Waals surface area contributed by atoms with Crippen LogP contribution in [0, 0.1) is 5.92 Å². The number of piperidine rings is 2. The molecule has 0 bridgehead atoms. The van der Waals surface area contributed by atoms with Crippen LogP contribution < -0.4 is 5.32 Å². The molecule has 2 unspecified atom stereocenters. The van der Waals surface area contributed by atoms with Gasteiger partial charge in [0.2, 0.25) is 5.89 Å².